The third-order valence-corrected chi connectivity index (χ3v) is 4.01. The molecule has 2 aromatic rings. The molecular weight excluding hydrogens is 304 g/mol. The highest BCUT2D eigenvalue weighted by molar-refractivity contribution is 5.48. The number of nitriles is 2. The molecule has 0 atom stereocenters. The summed E-state index contributed by atoms with van der Waals surface area (Å²) in [5.74, 6) is 1.56. The molecule has 0 spiro atoms. The lowest BCUT2D eigenvalue weighted by atomic mass is 10.1. The zero-order valence-electron chi connectivity index (χ0n) is 13.5. The van der Waals surface area contributed by atoms with Crippen molar-refractivity contribution >= 4 is 0 Å². The Labute approximate surface area is 140 Å². The molecule has 1 heterocycles. The molecule has 1 fully saturated rings. The Morgan fingerprint density at radius 3 is 2.42 bits per heavy atom. The lowest BCUT2D eigenvalue weighted by Gasteiger charge is -2.10. The number of nitrogens with zero attached hydrogens (tertiary/aromatic N) is 4. The molecule has 3 rings (SSSR count). The summed E-state index contributed by atoms with van der Waals surface area (Å²) in [6.45, 7) is 2.46. The Morgan fingerprint density at radius 2 is 1.92 bits per heavy atom. The van der Waals surface area contributed by atoms with E-state index < -0.39 is 0 Å². The van der Waals surface area contributed by atoms with Gasteiger partial charge in [-0.15, -0.1) is 0 Å². The molecule has 0 unspecified atom stereocenters. The van der Waals surface area contributed by atoms with E-state index in [4.69, 9.17) is 15.3 Å². The van der Waals surface area contributed by atoms with Crippen molar-refractivity contribution in [1.82, 2.24) is 9.78 Å². The summed E-state index contributed by atoms with van der Waals surface area (Å²) in [5, 5.41) is 32.1. The van der Waals surface area contributed by atoms with Crippen molar-refractivity contribution in [3.8, 4) is 23.6 Å². The Morgan fingerprint density at radius 1 is 1.25 bits per heavy atom. The van der Waals surface area contributed by atoms with Gasteiger partial charge in [-0.05, 0) is 37.5 Å². The third-order valence-electron chi connectivity index (χ3n) is 4.01. The minimum Gasteiger partial charge on any atom is -0.453 e. The summed E-state index contributed by atoms with van der Waals surface area (Å²) in [5.41, 5.74) is 2.60. The quantitative estimate of drug-likeness (QED) is 0.882. The highest BCUT2D eigenvalue weighted by atomic mass is 16.5. The third kappa shape index (κ3) is 3.10. The molecule has 0 saturated heterocycles. The highest BCUT2D eigenvalue weighted by Gasteiger charge is 2.33. The molecule has 1 aromatic carbocycles. The van der Waals surface area contributed by atoms with Gasteiger partial charge in [0.2, 0.25) is 0 Å². The van der Waals surface area contributed by atoms with Crippen LogP contribution in [0.4, 0.5) is 0 Å². The maximum Gasteiger partial charge on any atom is 0.171 e. The molecule has 0 amide bonds. The Hall–Kier alpha value is -2.83. The van der Waals surface area contributed by atoms with Crippen LogP contribution in [0.3, 0.4) is 0 Å². The van der Waals surface area contributed by atoms with Gasteiger partial charge in [0.25, 0.3) is 0 Å². The van der Waals surface area contributed by atoms with Crippen molar-refractivity contribution in [3.05, 3.63) is 40.7 Å². The summed E-state index contributed by atoms with van der Waals surface area (Å²) < 4.78 is 7.90. The molecule has 0 aliphatic heterocycles. The van der Waals surface area contributed by atoms with E-state index in [0.29, 0.717) is 41.5 Å². The summed E-state index contributed by atoms with van der Waals surface area (Å²) in [4.78, 5) is 0. The van der Waals surface area contributed by atoms with E-state index in [1.807, 2.05) is 23.7 Å². The lowest BCUT2D eigenvalue weighted by Crippen LogP contribution is -2.08. The van der Waals surface area contributed by atoms with Crippen molar-refractivity contribution in [3.63, 3.8) is 0 Å². The van der Waals surface area contributed by atoms with Crippen LogP contribution in [0.2, 0.25) is 0 Å². The first kappa shape index (κ1) is 16.0. The first-order valence-electron chi connectivity index (χ1n) is 8.03. The first-order valence-corrected chi connectivity index (χ1v) is 8.03. The van der Waals surface area contributed by atoms with Gasteiger partial charge in [0.15, 0.2) is 5.75 Å². The van der Waals surface area contributed by atoms with Crippen LogP contribution in [-0.2, 0) is 13.0 Å². The van der Waals surface area contributed by atoms with Gasteiger partial charge in [-0.25, -0.2) is 0 Å². The molecule has 0 radical (unpaired) electrons. The number of aryl methyl sites for hydroxylation is 1. The molecule has 0 bridgehead atoms. The maximum absolute atomic E-state index is 9.27. The van der Waals surface area contributed by atoms with Crippen LogP contribution >= 0.6 is 0 Å². The SMILES string of the molecule is CCc1nn(CCO)c(C2CC2)c1Oc1cc(C#N)cc(C#N)c1. The number of aliphatic hydroxyl groups excluding tert-OH is 1. The molecule has 122 valence electrons. The summed E-state index contributed by atoms with van der Waals surface area (Å²) >= 11 is 0. The lowest BCUT2D eigenvalue weighted by molar-refractivity contribution is 0.266. The van der Waals surface area contributed by atoms with Gasteiger partial charge >= 0.3 is 0 Å². The van der Waals surface area contributed by atoms with Gasteiger partial charge in [0, 0.05) is 5.92 Å². The predicted molar refractivity (Wildman–Crippen MR) is 86.6 cm³/mol. The smallest absolute Gasteiger partial charge is 0.171 e. The topological polar surface area (TPSA) is 94.9 Å². The van der Waals surface area contributed by atoms with E-state index in [1.165, 1.54) is 6.07 Å². The van der Waals surface area contributed by atoms with Crippen molar-refractivity contribution in [1.29, 1.82) is 10.5 Å². The molecule has 1 aliphatic rings. The second-order valence-corrected chi connectivity index (χ2v) is 5.81. The van der Waals surface area contributed by atoms with E-state index in [-0.39, 0.29) is 6.61 Å². The van der Waals surface area contributed by atoms with E-state index in [1.54, 1.807) is 12.1 Å². The van der Waals surface area contributed by atoms with Gasteiger partial charge in [-0.2, -0.15) is 15.6 Å². The fourth-order valence-electron chi connectivity index (χ4n) is 2.78. The van der Waals surface area contributed by atoms with E-state index in [0.717, 1.165) is 24.2 Å². The number of benzene rings is 1. The van der Waals surface area contributed by atoms with Crippen molar-refractivity contribution < 1.29 is 9.84 Å². The molecule has 6 nitrogen and oxygen atoms in total. The molecule has 1 aliphatic carbocycles. The van der Waals surface area contributed by atoms with Crippen LogP contribution in [0.15, 0.2) is 18.2 Å². The van der Waals surface area contributed by atoms with Crippen LogP contribution in [0.1, 0.15) is 48.2 Å². The monoisotopic (exact) mass is 322 g/mol. The van der Waals surface area contributed by atoms with Crippen molar-refractivity contribution in [2.24, 2.45) is 0 Å². The Bertz CT molecular complexity index is 806. The second-order valence-electron chi connectivity index (χ2n) is 5.81. The van der Waals surface area contributed by atoms with Gasteiger partial charge in [0.05, 0.1) is 42.1 Å². The average molecular weight is 322 g/mol. The van der Waals surface area contributed by atoms with Gasteiger partial charge in [0.1, 0.15) is 11.4 Å². The summed E-state index contributed by atoms with van der Waals surface area (Å²) in [6, 6.07) is 8.88. The zero-order valence-corrected chi connectivity index (χ0v) is 13.5. The Kier molecular flexibility index (Phi) is 4.50. The van der Waals surface area contributed by atoms with Crippen LogP contribution in [0.5, 0.6) is 11.5 Å². The minimum atomic E-state index is 0.0203. The van der Waals surface area contributed by atoms with Crippen LogP contribution in [-0.4, -0.2) is 21.5 Å². The largest absolute Gasteiger partial charge is 0.453 e. The van der Waals surface area contributed by atoms with Crippen LogP contribution in [0, 0.1) is 22.7 Å². The molecule has 1 saturated carbocycles. The number of hydrogen-bond donors (Lipinski definition) is 1. The highest BCUT2D eigenvalue weighted by Crippen LogP contribution is 2.46. The standard InChI is InChI=1S/C18H18N4O2/c1-2-16-18(17(14-3-4-14)22(21-16)5-6-23)24-15-8-12(10-19)7-13(9-15)11-20/h7-9,14,23H,2-6H2,1H3. The average Bonchev–Trinajstić information content (AvgIpc) is 3.38. The van der Waals surface area contributed by atoms with Crippen molar-refractivity contribution in [2.45, 2.75) is 38.6 Å². The number of aliphatic hydroxyl groups is 1. The number of rotatable bonds is 6. The molecule has 1 N–H and O–H groups in total. The molecule has 6 heteroatoms. The fraction of sp³-hybridized carbons (Fsp3) is 0.389. The van der Waals surface area contributed by atoms with Gasteiger partial charge in [-0.1, -0.05) is 6.92 Å². The first-order chi connectivity index (χ1) is 11.7. The second kappa shape index (κ2) is 6.74. The zero-order chi connectivity index (χ0) is 17.1. The molecular formula is C18H18N4O2. The van der Waals surface area contributed by atoms with E-state index in [2.05, 4.69) is 5.10 Å². The van der Waals surface area contributed by atoms with Crippen LogP contribution in [0.25, 0.3) is 0 Å². The van der Waals surface area contributed by atoms with Crippen molar-refractivity contribution in [2.75, 3.05) is 6.61 Å². The van der Waals surface area contributed by atoms with E-state index in [9.17, 15) is 5.11 Å². The summed E-state index contributed by atoms with van der Waals surface area (Å²) in [7, 11) is 0. The Balaban J connectivity index is 2.04. The van der Waals surface area contributed by atoms with Gasteiger partial charge in [-0.3, -0.25) is 4.68 Å². The minimum absolute atomic E-state index is 0.0203. The maximum atomic E-state index is 9.27. The number of aromatic nitrogens is 2. The van der Waals surface area contributed by atoms with Crippen LogP contribution < -0.4 is 4.74 Å². The van der Waals surface area contributed by atoms with E-state index >= 15 is 0 Å². The number of hydrogen-bond acceptors (Lipinski definition) is 5. The van der Waals surface area contributed by atoms with Gasteiger partial charge < -0.3 is 9.84 Å². The predicted octanol–water partition coefficient (Wildman–Crippen LogP) is 2.85. The normalized spacial score (nSPS) is 13.3. The molecule has 24 heavy (non-hydrogen) atoms. The fourth-order valence-corrected chi connectivity index (χ4v) is 2.78. The summed E-state index contributed by atoms with van der Waals surface area (Å²) in [6.07, 6.45) is 2.87. The number of ether oxygens (including phenoxy) is 1. The molecule has 1 aromatic heterocycles.